The van der Waals surface area contributed by atoms with Crippen LogP contribution in [0.25, 0.3) is 0 Å². The fourth-order valence-corrected chi connectivity index (χ4v) is 2.76. The predicted octanol–water partition coefficient (Wildman–Crippen LogP) is 4.18. The fourth-order valence-electron chi connectivity index (χ4n) is 2.76. The molecular formula is C22H28N2O4. The minimum atomic E-state index is -1.29. The standard InChI is InChI=1S/C22H28N2O4/c1-7-15-10-8-9-14(2)19(15)24-21(26)22(3,4)20(25)23-17-12-11-16(27-5)13-18(17)28-6/h8-13H,7H2,1-6H3,(H,23,25)(H,24,26). The number of hydrogen-bond acceptors (Lipinski definition) is 4. The molecule has 0 spiro atoms. The maximum atomic E-state index is 12.9. The molecule has 0 aliphatic rings. The van der Waals surface area contributed by atoms with Crippen molar-refractivity contribution < 1.29 is 19.1 Å². The Morgan fingerprint density at radius 1 is 1.00 bits per heavy atom. The van der Waals surface area contributed by atoms with Crippen LogP contribution < -0.4 is 20.1 Å². The maximum Gasteiger partial charge on any atom is 0.239 e. The number of aryl methyl sites for hydroxylation is 2. The average molecular weight is 384 g/mol. The summed E-state index contributed by atoms with van der Waals surface area (Å²) in [5, 5.41) is 5.72. The van der Waals surface area contributed by atoms with Gasteiger partial charge in [-0.05, 0) is 50.5 Å². The summed E-state index contributed by atoms with van der Waals surface area (Å²) in [7, 11) is 3.06. The van der Waals surface area contributed by atoms with Crippen LogP contribution in [0.15, 0.2) is 36.4 Å². The zero-order valence-corrected chi connectivity index (χ0v) is 17.3. The number of hydrogen-bond donors (Lipinski definition) is 2. The third-order valence-corrected chi connectivity index (χ3v) is 4.77. The van der Waals surface area contributed by atoms with E-state index in [-0.39, 0.29) is 5.91 Å². The molecule has 0 aliphatic heterocycles. The smallest absolute Gasteiger partial charge is 0.239 e. The number of methoxy groups -OCH3 is 2. The Morgan fingerprint density at radius 3 is 2.29 bits per heavy atom. The van der Waals surface area contributed by atoms with Crippen molar-refractivity contribution in [3.63, 3.8) is 0 Å². The van der Waals surface area contributed by atoms with E-state index < -0.39 is 11.3 Å². The highest BCUT2D eigenvalue weighted by Crippen LogP contribution is 2.31. The molecule has 0 radical (unpaired) electrons. The molecule has 0 saturated carbocycles. The third kappa shape index (κ3) is 4.44. The Labute approximate surface area is 166 Å². The molecule has 0 saturated heterocycles. The van der Waals surface area contributed by atoms with E-state index in [1.54, 1.807) is 39.2 Å². The summed E-state index contributed by atoms with van der Waals surface area (Å²) in [6, 6.07) is 10.9. The second kappa shape index (κ2) is 8.78. The third-order valence-electron chi connectivity index (χ3n) is 4.77. The van der Waals surface area contributed by atoms with Crippen molar-refractivity contribution in [2.24, 2.45) is 5.41 Å². The summed E-state index contributed by atoms with van der Waals surface area (Å²) in [6.07, 6.45) is 0.785. The number of ether oxygens (including phenoxy) is 2. The SMILES string of the molecule is CCc1cccc(C)c1NC(=O)C(C)(C)C(=O)Nc1ccc(OC)cc1OC. The predicted molar refractivity (Wildman–Crippen MR) is 111 cm³/mol. The number of carbonyl (C=O) groups excluding carboxylic acids is 2. The van der Waals surface area contributed by atoms with Crippen LogP contribution in [0.1, 0.15) is 31.9 Å². The van der Waals surface area contributed by atoms with E-state index in [9.17, 15) is 9.59 Å². The van der Waals surface area contributed by atoms with E-state index in [2.05, 4.69) is 10.6 Å². The van der Waals surface area contributed by atoms with Crippen molar-refractivity contribution in [2.45, 2.75) is 34.1 Å². The zero-order valence-electron chi connectivity index (χ0n) is 17.3. The highest BCUT2D eigenvalue weighted by molar-refractivity contribution is 6.14. The summed E-state index contributed by atoms with van der Waals surface area (Å²) in [5.41, 5.74) is 1.93. The molecule has 150 valence electrons. The molecule has 2 aromatic rings. The lowest BCUT2D eigenvalue weighted by molar-refractivity contribution is -0.135. The molecule has 0 fully saturated rings. The van der Waals surface area contributed by atoms with Crippen LogP contribution in [-0.4, -0.2) is 26.0 Å². The molecule has 0 bridgehead atoms. The Kier molecular flexibility index (Phi) is 6.67. The van der Waals surface area contributed by atoms with Crippen molar-refractivity contribution in [1.29, 1.82) is 0 Å². The molecule has 0 atom stereocenters. The van der Waals surface area contributed by atoms with Crippen LogP contribution in [0, 0.1) is 12.3 Å². The zero-order chi connectivity index (χ0) is 20.9. The molecular weight excluding hydrogens is 356 g/mol. The van der Waals surface area contributed by atoms with Crippen LogP contribution in [0.5, 0.6) is 11.5 Å². The van der Waals surface area contributed by atoms with Crippen molar-refractivity contribution in [3.8, 4) is 11.5 Å². The van der Waals surface area contributed by atoms with E-state index in [0.29, 0.717) is 17.2 Å². The Balaban J connectivity index is 2.22. The highest BCUT2D eigenvalue weighted by atomic mass is 16.5. The fraction of sp³-hybridized carbons (Fsp3) is 0.364. The second-order valence-corrected chi connectivity index (χ2v) is 7.06. The molecule has 6 nitrogen and oxygen atoms in total. The number of para-hydroxylation sites is 1. The Morgan fingerprint density at radius 2 is 1.68 bits per heavy atom. The lowest BCUT2D eigenvalue weighted by Gasteiger charge is -2.24. The average Bonchev–Trinajstić information content (AvgIpc) is 2.69. The lowest BCUT2D eigenvalue weighted by Crippen LogP contribution is -2.42. The molecule has 28 heavy (non-hydrogen) atoms. The molecule has 2 N–H and O–H groups in total. The van der Waals surface area contributed by atoms with Gasteiger partial charge in [-0.15, -0.1) is 0 Å². The molecule has 0 unspecified atom stereocenters. The Bertz CT molecular complexity index is 875. The van der Waals surface area contributed by atoms with Crippen molar-refractivity contribution in [1.82, 2.24) is 0 Å². The number of benzene rings is 2. The number of nitrogens with one attached hydrogen (secondary N) is 2. The number of anilines is 2. The first-order valence-electron chi connectivity index (χ1n) is 9.18. The van der Waals surface area contributed by atoms with E-state index >= 15 is 0 Å². The van der Waals surface area contributed by atoms with Gasteiger partial charge in [0.25, 0.3) is 0 Å². The molecule has 0 heterocycles. The van der Waals surface area contributed by atoms with Crippen LogP contribution in [0.3, 0.4) is 0 Å². The molecule has 2 aromatic carbocycles. The summed E-state index contributed by atoms with van der Waals surface area (Å²) >= 11 is 0. The summed E-state index contributed by atoms with van der Waals surface area (Å²) < 4.78 is 10.5. The van der Waals surface area contributed by atoms with Crippen LogP contribution >= 0.6 is 0 Å². The van der Waals surface area contributed by atoms with Crippen LogP contribution in [0.2, 0.25) is 0 Å². The molecule has 6 heteroatoms. The summed E-state index contributed by atoms with van der Waals surface area (Å²) in [4.78, 5) is 25.8. The number of amides is 2. The first-order valence-corrected chi connectivity index (χ1v) is 9.18. The first kappa shape index (κ1) is 21.3. The minimum absolute atomic E-state index is 0.374. The van der Waals surface area contributed by atoms with Gasteiger partial charge < -0.3 is 20.1 Å². The maximum absolute atomic E-state index is 12.9. The quantitative estimate of drug-likeness (QED) is 0.702. The van der Waals surface area contributed by atoms with Gasteiger partial charge in [0.15, 0.2) is 0 Å². The van der Waals surface area contributed by atoms with Crippen LogP contribution in [-0.2, 0) is 16.0 Å². The van der Waals surface area contributed by atoms with Crippen LogP contribution in [0.4, 0.5) is 11.4 Å². The van der Waals surface area contributed by atoms with Crippen molar-refractivity contribution in [2.75, 3.05) is 24.9 Å². The monoisotopic (exact) mass is 384 g/mol. The van der Waals surface area contributed by atoms with Gasteiger partial charge in [0.2, 0.25) is 11.8 Å². The molecule has 0 aliphatic carbocycles. The van der Waals surface area contributed by atoms with Gasteiger partial charge in [-0.25, -0.2) is 0 Å². The van der Waals surface area contributed by atoms with E-state index in [1.807, 2.05) is 32.0 Å². The van der Waals surface area contributed by atoms with Crippen molar-refractivity contribution in [3.05, 3.63) is 47.5 Å². The number of carbonyl (C=O) groups is 2. The van der Waals surface area contributed by atoms with Crippen molar-refractivity contribution >= 4 is 23.2 Å². The lowest BCUT2D eigenvalue weighted by atomic mass is 9.90. The molecule has 2 amide bonds. The van der Waals surface area contributed by atoms with Gasteiger partial charge in [-0.3, -0.25) is 9.59 Å². The molecule has 0 aromatic heterocycles. The Hall–Kier alpha value is -3.02. The van der Waals surface area contributed by atoms with Gasteiger partial charge in [0.1, 0.15) is 16.9 Å². The van der Waals surface area contributed by atoms with Gasteiger partial charge in [-0.1, -0.05) is 25.1 Å². The minimum Gasteiger partial charge on any atom is -0.497 e. The van der Waals surface area contributed by atoms with Gasteiger partial charge in [0.05, 0.1) is 19.9 Å². The van der Waals surface area contributed by atoms with Gasteiger partial charge in [-0.2, -0.15) is 0 Å². The topological polar surface area (TPSA) is 76.7 Å². The highest BCUT2D eigenvalue weighted by Gasteiger charge is 2.37. The van der Waals surface area contributed by atoms with Gasteiger partial charge in [0, 0.05) is 11.8 Å². The second-order valence-electron chi connectivity index (χ2n) is 7.06. The first-order chi connectivity index (χ1) is 13.2. The normalized spacial score (nSPS) is 10.9. The van der Waals surface area contributed by atoms with E-state index in [0.717, 1.165) is 23.2 Å². The van der Waals surface area contributed by atoms with E-state index in [4.69, 9.17) is 9.47 Å². The largest absolute Gasteiger partial charge is 0.497 e. The summed E-state index contributed by atoms with van der Waals surface area (Å²) in [6.45, 7) is 7.15. The molecule has 2 rings (SSSR count). The summed E-state index contributed by atoms with van der Waals surface area (Å²) in [5.74, 6) is 0.260. The van der Waals surface area contributed by atoms with E-state index in [1.165, 1.54) is 7.11 Å². The van der Waals surface area contributed by atoms with Gasteiger partial charge >= 0.3 is 0 Å². The number of rotatable bonds is 7.